The number of hydrogen-bond donors (Lipinski definition) is 0. The summed E-state index contributed by atoms with van der Waals surface area (Å²) in [4.78, 5) is 15.0. The normalized spacial score (nSPS) is 25.1. The maximum Gasteiger partial charge on any atom is 0.341 e. The number of carbonyl (C=O) groups excluding carboxylic acids is 1. The first kappa shape index (κ1) is 24.5. The van der Waals surface area contributed by atoms with E-state index in [0.717, 1.165) is 43.4 Å². The molecule has 2 aromatic carbocycles. The highest BCUT2D eigenvalue weighted by Gasteiger charge is 2.48. The lowest BCUT2D eigenvalue weighted by Crippen LogP contribution is -2.45. The van der Waals surface area contributed by atoms with Gasteiger partial charge in [0.1, 0.15) is 29.1 Å². The summed E-state index contributed by atoms with van der Waals surface area (Å²) in [6, 6.07) is 7.71. The van der Waals surface area contributed by atoms with Gasteiger partial charge in [0.2, 0.25) is 0 Å². The summed E-state index contributed by atoms with van der Waals surface area (Å²) >= 11 is 6.35. The minimum Gasteiger partial charge on any atom is -0.488 e. The van der Waals surface area contributed by atoms with Crippen LogP contribution in [0.15, 0.2) is 30.3 Å². The fourth-order valence-corrected chi connectivity index (χ4v) is 5.96. The van der Waals surface area contributed by atoms with Crippen LogP contribution in [0.3, 0.4) is 0 Å². The molecule has 0 spiro atoms. The molecule has 1 heterocycles. The lowest BCUT2D eigenvalue weighted by molar-refractivity contribution is 0.00643. The third-order valence-corrected chi connectivity index (χ3v) is 7.72. The Labute approximate surface area is 210 Å². The first-order valence-corrected chi connectivity index (χ1v) is 12.8. The smallest absolute Gasteiger partial charge is 0.341 e. The zero-order valence-corrected chi connectivity index (χ0v) is 21.4. The summed E-state index contributed by atoms with van der Waals surface area (Å²) in [5.41, 5.74) is 1.04. The Kier molecular flexibility index (Phi) is 6.33. The maximum atomic E-state index is 15.1. The van der Waals surface area contributed by atoms with Gasteiger partial charge in [-0.2, -0.15) is 0 Å². The zero-order valence-electron chi connectivity index (χ0n) is 20.6. The van der Waals surface area contributed by atoms with E-state index >= 15 is 4.39 Å². The molecule has 2 aromatic rings. The summed E-state index contributed by atoms with van der Waals surface area (Å²) in [6.45, 7) is 8.32. The number of halogens is 3. The van der Waals surface area contributed by atoms with Gasteiger partial charge in [-0.3, -0.25) is 4.90 Å². The molecule has 0 unspecified atom stereocenters. The average Bonchev–Trinajstić information content (AvgIpc) is 3.41. The molecule has 4 nitrogen and oxygen atoms in total. The largest absolute Gasteiger partial charge is 0.488 e. The molecule has 188 valence electrons. The van der Waals surface area contributed by atoms with Crippen molar-refractivity contribution < 1.29 is 23.0 Å². The molecule has 3 aliphatic rings. The lowest BCUT2D eigenvalue weighted by Gasteiger charge is -2.38. The monoisotopic (exact) mass is 503 g/mol. The van der Waals surface area contributed by atoms with Gasteiger partial charge in [0.05, 0.1) is 5.56 Å². The van der Waals surface area contributed by atoms with Gasteiger partial charge in [0.25, 0.3) is 0 Å². The second-order valence-corrected chi connectivity index (χ2v) is 11.7. The van der Waals surface area contributed by atoms with Crippen LogP contribution < -0.4 is 4.74 Å². The highest BCUT2D eigenvalue weighted by Crippen LogP contribution is 2.48. The number of nitrogens with zero attached hydrogens (tertiary/aromatic N) is 1. The Balaban J connectivity index is 1.37. The topological polar surface area (TPSA) is 38.8 Å². The van der Waals surface area contributed by atoms with Gasteiger partial charge >= 0.3 is 5.97 Å². The van der Waals surface area contributed by atoms with E-state index in [4.69, 9.17) is 21.1 Å². The van der Waals surface area contributed by atoms with Gasteiger partial charge in [0.15, 0.2) is 0 Å². The number of piperidine rings is 1. The Morgan fingerprint density at radius 1 is 1.14 bits per heavy atom. The van der Waals surface area contributed by atoms with E-state index in [9.17, 15) is 9.18 Å². The van der Waals surface area contributed by atoms with E-state index in [-0.39, 0.29) is 35.5 Å². The second-order valence-electron chi connectivity index (χ2n) is 11.2. The van der Waals surface area contributed by atoms with Gasteiger partial charge in [-0.25, -0.2) is 13.6 Å². The van der Waals surface area contributed by atoms with Gasteiger partial charge in [-0.05, 0) is 94.5 Å². The SMILES string of the molecule is C[C@H](c1ccc(F)cc1Cl)N1C[C@H]2C[C@@H]1[C@H](Oc1cc(F)c(C(=O)OC(C)(C)C)cc1C1CC1)C2. The molecule has 0 amide bonds. The van der Waals surface area contributed by atoms with Crippen LogP contribution in [0, 0.1) is 17.6 Å². The number of ether oxygens (including phenoxy) is 2. The number of likely N-dealkylation sites (tertiary alicyclic amines) is 1. The van der Waals surface area contributed by atoms with Crippen molar-refractivity contribution in [2.45, 2.75) is 83.1 Å². The Hall–Kier alpha value is -2.18. The molecule has 1 aliphatic heterocycles. The predicted molar refractivity (Wildman–Crippen MR) is 131 cm³/mol. The summed E-state index contributed by atoms with van der Waals surface area (Å²) in [6.07, 6.45) is 3.83. The van der Waals surface area contributed by atoms with Crippen molar-refractivity contribution in [2.75, 3.05) is 6.54 Å². The standard InChI is InChI=1S/C28H32ClF2NO3/c1-15(19-8-7-18(30)11-22(19)29)32-14-16-9-24(32)26(10-16)34-25-13-23(31)21(12-20(25)17-5-6-17)27(33)35-28(2,3)4/h7-8,11-13,15-17,24,26H,5-6,9-10,14H2,1-4H3/t15-,16+,24-,26-/m1/s1. The maximum absolute atomic E-state index is 15.1. The first-order chi connectivity index (χ1) is 16.5. The fourth-order valence-electron chi connectivity index (χ4n) is 5.64. The Morgan fingerprint density at radius 2 is 1.89 bits per heavy atom. The Bertz CT molecular complexity index is 1140. The molecule has 4 atom stereocenters. The number of benzene rings is 2. The molecule has 7 heteroatoms. The average molecular weight is 504 g/mol. The minimum absolute atomic E-state index is 0.0127. The minimum atomic E-state index is -0.699. The number of esters is 1. The van der Waals surface area contributed by atoms with Gasteiger partial charge in [-0.1, -0.05) is 17.7 Å². The summed E-state index contributed by atoms with van der Waals surface area (Å²) in [5, 5.41) is 0.425. The first-order valence-electron chi connectivity index (χ1n) is 12.4. The molecule has 3 fully saturated rings. The molecule has 1 saturated heterocycles. The fraction of sp³-hybridized carbons (Fsp3) is 0.536. The van der Waals surface area contributed by atoms with E-state index in [0.29, 0.717) is 16.7 Å². The van der Waals surface area contributed by atoms with Crippen LogP contribution in [0.5, 0.6) is 5.75 Å². The van der Waals surface area contributed by atoms with Crippen molar-refractivity contribution in [3.8, 4) is 5.75 Å². The van der Waals surface area contributed by atoms with E-state index in [1.165, 1.54) is 18.2 Å². The molecule has 5 rings (SSSR count). The number of fused-ring (bicyclic) bond motifs is 2. The van der Waals surface area contributed by atoms with E-state index in [1.54, 1.807) is 32.9 Å². The van der Waals surface area contributed by atoms with E-state index < -0.39 is 17.4 Å². The predicted octanol–water partition coefficient (Wildman–Crippen LogP) is 7.05. The van der Waals surface area contributed by atoms with Gasteiger partial charge in [-0.15, -0.1) is 0 Å². The van der Waals surface area contributed by atoms with Crippen molar-refractivity contribution in [1.29, 1.82) is 0 Å². The molecule has 0 aromatic heterocycles. The third-order valence-electron chi connectivity index (χ3n) is 7.39. The Morgan fingerprint density at radius 3 is 2.51 bits per heavy atom. The zero-order chi connectivity index (χ0) is 25.1. The molecule has 0 radical (unpaired) electrons. The van der Waals surface area contributed by atoms with Crippen molar-refractivity contribution in [1.82, 2.24) is 4.90 Å². The van der Waals surface area contributed by atoms with Crippen LogP contribution in [-0.2, 0) is 4.74 Å². The van der Waals surface area contributed by atoms with Gasteiger partial charge < -0.3 is 9.47 Å². The van der Waals surface area contributed by atoms with Crippen LogP contribution >= 0.6 is 11.6 Å². The number of carbonyl (C=O) groups is 1. The van der Waals surface area contributed by atoms with Crippen LogP contribution in [0.25, 0.3) is 0 Å². The molecule has 2 saturated carbocycles. The molecule has 35 heavy (non-hydrogen) atoms. The van der Waals surface area contributed by atoms with Crippen LogP contribution in [-0.4, -0.2) is 35.2 Å². The number of rotatable bonds is 6. The molecule has 2 aliphatic carbocycles. The summed E-state index contributed by atoms with van der Waals surface area (Å²) in [7, 11) is 0. The molecule has 2 bridgehead atoms. The quantitative estimate of drug-likeness (QED) is 0.396. The second kappa shape index (κ2) is 9.04. The highest BCUT2D eigenvalue weighted by atomic mass is 35.5. The van der Waals surface area contributed by atoms with Gasteiger partial charge in [0, 0.05) is 29.7 Å². The molecular formula is C28H32ClF2NO3. The number of hydrogen-bond acceptors (Lipinski definition) is 4. The highest BCUT2D eigenvalue weighted by molar-refractivity contribution is 6.31. The van der Waals surface area contributed by atoms with Crippen LogP contribution in [0.4, 0.5) is 8.78 Å². The summed E-state index contributed by atoms with van der Waals surface area (Å²) in [5.74, 6) is -0.327. The lowest BCUT2D eigenvalue weighted by atomic mass is 10.0. The van der Waals surface area contributed by atoms with Crippen LogP contribution in [0.1, 0.15) is 86.8 Å². The molecular weight excluding hydrogens is 472 g/mol. The van der Waals surface area contributed by atoms with E-state index in [1.807, 2.05) is 0 Å². The van der Waals surface area contributed by atoms with Crippen LogP contribution in [0.2, 0.25) is 5.02 Å². The molecule has 0 N–H and O–H groups in total. The summed E-state index contributed by atoms with van der Waals surface area (Å²) < 4.78 is 40.5. The third kappa shape index (κ3) is 5.05. The van der Waals surface area contributed by atoms with Crippen molar-refractivity contribution in [2.24, 2.45) is 5.92 Å². The van der Waals surface area contributed by atoms with Crippen molar-refractivity contribution in [3.05, 3.63) is 63.7 Å². The van der Waals surface area contributed by atoms with Crippen molar-refractivity contribution in [3.63, 3.8) is 0 Å². The van der Waals surface area contributed by atoms with E-state index in [2.05, 4.69) is 11.8 Å². The van der Waals surface area contributed by atoms with Crippen molar-refractivity contribution >= 4 is 17.6 Å².